The number of aromatic nitrogens is 3. The standard InChI is InChI=1S/C31H36N6O2/c1-3-35(4-2)31(39)24-13-10-18-36(21-24)28-16-17-29(34-33-28)37-22-25(26-14-8-9-15-27(26)37)19-30(38)32-20-23-11-6-5-7-12-23/h5-9,11-12,14-17,22,24H,3-4,10,13,18-21H2,1-2H3,(H,32,38). The average molecular weight is 525 g/mol. The molecule has 2 aromatic carbocycles. The molecule has 4 aromatic rings. The van der Waals surface area contributed by atoms with Gasteiger partial charge in [-0.25, -0.2) is 0 Å². The molecule has 3 heterocycles. The van der Waals surface area contributed by atoms with Crippen LogP contribution in [0, 0.1) is 5.92 Å². The Balaban J connectivity index is 1.31. The zero-order valence-electron chi connectivity index (χ0n) is 22.7. The minimum Gasteiger partial charge on any atom is -0.354 e. The van der Waals surface area contributed by atoms with Crippen molar-refractivity contribution in [2.45, 2.75) is 39.7 Å². The van der Waals surface area contributed by atoms with Gasteiger partial charge >= 0.3 is 0 Å². The lowest BCUT2D eigenvalue weighted by Crippen LogP contribution is -2.45. The van der Waals surface area contributed by atoms with Crippen LogP contribution in [0.4, 0.5) is 5.82 Å². The van der Waals surface area contributed by atoms with Crippen molar-refractivity contribution in [1.82, 2.24) is 25.0 Å². The molecule has 1 fully saturated rings. The molecule has 2 aromatic heterocycles. The molecule has 0 saturated carbocycles. The molecule has 1 aliphatic rings. The van der Waals surface area contributed by atoms with Crippen LogP contribution < -0.4 is 10.2 Å². The van der Waals surface area contributed by atoms with Crippen LogP contribution in [0.3, 0.4) is 0 Å². The summed E-state index contributed by atoms with van der Waals surface area (Å²) in [4.78, 5) is 29.8. The molecule has 1 atom stereocenters. The first-order chi connectivity index (χ1) is 19.1. The number of hydrogen-bond acceptors (Lipinski definition) is 5. The molecule has 1 unspecified atom stereocenters. The van der Waals surface area contributed by atoms with E-state index in [-0.39, 0.29) is 24.2 Å². The fourth-order valence-corrected chi connectivity index (χ4v) is 5.41. The molecule has 0 aliphatic carbocycles. The molecule has 2 amide bonds. The summed E-state index contributed by atoms with van der Waals surface area (Å²) in [6, 6.07) is 21.9. The molecular formula is C31H36N6O2. The largest absolute Gasteiger partial charge is 0.354 e. The molecule has 0 bridgehead atoms. The third-order valence-corrected chi connectivity index (χ3v) is 7.53. The molecule has 1 N–H and O–H groups in total. The van der Waals surface area contributed by atoms with Crippen LogP contribution in [0.1, 0.15) is 37.8 Å². The Morgan fingerprint density at radius 3 is 2.41 bits per heavy atom. The van der Waals surface area contributed by atoms with E-state index in [1.807, 2.05) is 96.2 Å². The van der Waals surface area contributed by atoms with Gasteiger partial charge < -0.3 is 15.1 Å². The summed E-state index contributed by atoms with van der Waals surface area (Å²) < 4.78 is 1.99. The Morgan fingerprint density at radius 2 is 1.67 bits per heavy atom. The van der Waals surface area contributed by atoms with E-state index >= 15 is 0 Å². The van der Waals surface area contributed by atoms with Crippen molar-refractivity contribution < 1.29 is 9.59 Å². The van der Waals surface area contributed by atoms with Gasteiger partial charge in [0, 0.05) is 44.3 Å². The molecule has 8 heteroatoms. The highest BCUT2D eigenvalue weighted by atomic mass is 16.2. The number of piperidine rings is 1. The summed E-state index contributed by atoms with van der Waals surface area (Å²) in [7, 11) is 0. The van der Waals surface area contributed by atoms with Gasteiger partial charge in [0.05, 0.1) is 17.9 Å². The number of hydrogen-bond donors (Lipinski definition) is 1. The maximum Gasteiger partial charge on any atom is 0.227 e. The summed E-state index contributed by atoms with van der Waals surface area (Å²) >= 11 is 0. The van der Waals surface area contributed by atoms with E-state index in [9.17, 15) is 9.59 Å². The number of nitrogens with one attached hydrogen (secondary N) is 1. The molecule has 0 spiro atoms. The van der Waals surface area contributed by atoms with Gasteiger partial charge in [-0.1, -0.05) is 48.5 Å². The molecular weight excluding hydrogens is 488 g/mol. The maximum atomic E-state index is 12.9. The lowest BCUT2D eigenvalue weighted by molar-refractivity contribution is -0.135. The van der Waals surface area contributed by atoms with Crippen molar-refractivity contribution in [3.63, 3.8) is 0 Å². The smallest absolute Gasteiger partial charge is 0.227 e. The Kier molecular flexibility index (Phi) is 8.20. The second-order valence-electron chi connectivity index (χ2n) is 10.0. The fourth-order valence-electron chi connectivity index (χ4n) is 5.41. The summed E-state index contributed by atoms with van der Waals surface area (Å²) in [5, 5.41) is 13.1. The lowest BCUT2D eigenvalue weighted by atomic mass is 9.96. The van der Waals surface area contributed by atoms with Crippen molar-refractivity contribution in [1.29, 1.82) is 0 Å². The Labute approximate surface area is 229 Å². The van der Waals surface area contributed by atoms with Gasteiger partial charge in [-0.2, -0.15) is 0 Å². The number of fused-ring (bicyclic) bond motifs is 1. The number of anilines is 1. The second kappa shape index (κ2) is 12.1. The minimum atomic E-state index is -0.0258. The van der Waals surface area contributed by atoms with E-state index in [2.05, 4.69) is 20.4 Å². The van der Waals surface area contributed by atoms with Crippen LogP contribution >= 0.6 is 0 Å². The van der Waals surface area contributed by atoms with Gasteiger partial charge in [0.1, 0.15) is 0 Å². The average Bonchev–Trinajstić information content (AvgIpc) is 3.35. The van der Waals surface area contributed by atoms with Crippen LogP contribution in [-0.2, 0) is 22.6 Å². The molecule has 5 rings (SSSR count). The van der Waals surface area contributed by atoms with E-state index in [0.717, 1.165) is 60.3 Å². The zero-order valence-corrected chi connectivity index (χ0v) is 22.7. The molecule has 1 saturated heterocycles. The molecule has 0 radical (unpaired) electrons. The van der Waals surface area contributed by atoms with Gasteiger partial charge in [0.15, 0.2) is 11.6 Å². The number of benzene rings is 2. The number of carbonyl (C=O) groups is 2. The van der Waals surface area contributed by atoms with Gasteiger partial charge in [0.25, 0.3) is 0 Å². The fraction of sp³-hybridized carbons (Fsp3) is 0.355. The zero-order chi connectivity index (χ0) is 27.2. The van der Waals surface area contributed by atoms with Gasteiger partial charge in [0.2, 0.25) is 11.8 Å². The summed E-state index contributed by atoms with van der Waals surface area (Å²) in [5.41, 5.74) is 2.99. The molecule has 39 heavy (non-hydrogen) atoms. The van der Waals surface area contributed by atoms with Gasteiger partial charge in [-0.05, 0) is 56.0 Å². The highest BCUT2D eigenvalue weighted by Gasteiger charge is 2.29. The van der Waals surface area contributed by atoms with Crippen molar-refractivity contribution in [3.8, 4) is 5.82 Å². The SMILES string of the molecule is CCN(CC)C(=O)C1CCCN(c2ccc(-n3cc(CC(=O)NCc4ccccc4)c4ccccc43)nn2)C1. The van der Waals surface area contributed by atoms with Gasteiger partial charge in [-0.3, -0.25) is 14.2 Å². The van der Waals surface area contributed by atoms with Gasteiger partial charge in [-0.15, -0.1) is 10.2 Å². The van der Waals surface area contributed by atoms with E-state index in [1.54, 1.807) is 0 Å². The number of nitrogens with zero attached hydrogens (tertiary/aromatic N) is 5. The molecule has 8 nitrogen and oxygen atoms in total. The first-order valence-electron chi connectivity index (χ1n) is 13.8. The summed E-state index contributed by atoms with van der Waals surface area (Å²) in [6.45, 7) is 7.56. The third-order valence-electron chi connectivity index (χ3n) is 7.53. The minimum absolute atomic E-state index is 0.0101. The quantitative estimate of drug-likeness (QED) is 0.352. The topological polar surface area (TPSA) is 83.4 Å². The van der Waals surface area contributed by atoms with Crippen molar-refractivity contribution in [3.05, 3.63) is 84.1 Å². The van der Waals surface area contributed by atoms with E-state index < -0.39 is 0 Å². The Morgan fingerprint density at radius 1 is 0.949 bits per heavy atom. The van der Waals surface area contributed by atoms with E-state index in [1.165, 1.54) is 0 Å². The van der Waals surface area contributed by atoms with Crippen LogP contribution in [0.2, 0.25) is 0 Å². The second-order valence-corrected chi connectivity index (χ2v) is 10.0. The Bertz CT molecular complexity index is 1410. The maximum absolute atomic E-state index is 12.9. The highest BCUT2D eigenvalue weighted by Crippen LogP contribution is 2.26. The first-order valence-corrected chi connectivity index (χ1v) is 13.8. The highest BCUT2D eigenvalue weighted by molar-refractivity contribution is 5.90. The van der Waals surface area contributed by atoms with Crippen LogP contribution in [0.15, 0.2) is 72.9 Å². The first kappa shape index (κ1) is 26.4. The van der Waals surface area contributed by atoms with Crippen molar-refractivity contribution in [2.24, 2.45) is 5.92 Å². The molecule has 1 aliphatic heterocycles. The normalized spacial score (nSPS) is 15.3. The predicted octanol–water partition coefficient (Wildman–Crippen LogP) is 4.36. The third kappa shape index (κ3) is 5.95. The Hall–Kier alpha value is -4.20. The summed E-state index contributed by atoms with van der Waals surface area (Å²) in [6.07, 6.45) is 4.13. The van der Waals surface area contributed by atoms with E-state index in [0.29, 0.717) is 18.9 Å². The van der Waals surface area contributed by atoms with Crippen LogP contribution in [0.5, 0.6) is 0 Å². The summed E-state index contributed by atoms with van der Waals surface area (Å²) in [5.74, 6) is 1.67. The predicted molar refractivity (Wildman–Crippen MR) is 154 cm³/mol. The monoisotopic (exact) mass is 524 g/mol. The lowest BCUT2D eigenvalue weighted by Gasteiger charge is -2.34. The van der Waals surface area contributed by atoms with Crippen LogP contribution in [0.25, 0.3) is 16.7 Å². The number of carbonyl (C=O) groups excluding carboxylic acids is 2. The number of rotatable bonds is 9. The van der Waals surface area contributed by atoms with Crippen molar-refractivity contribution >= 4 is 28.5 Å². The molecule has 202 valence electrons. The number of amides is 2. The van der Waals surface area contributed by atoms with E-state index in [4.69, 9.17) is 0 Å². The van der Waals surface area contributed by atoms with Crippen LogP contribution in [-0.4, -0.2) is 57.7 Å². The number of para-hydroxylation sites is 1. The van der Waals surface area contributed by atoms with Crippen molar-refractivity contribution in [2.75, 3.05) is 31.1 Å².